The van der Waals surface area contributed by atoms with Crippen molar-refractivity contribution in [1.82, 2.24) is 0 Å². The Balaban J connectivity index is 2.77. The number of phenolic OH excluding ortho intramolecular Hbond substituents is 1. The van der Waals surface area contributed by atoms with Crippen LogP contribution in [-0.2, 0) is 16.0 Å². The van der Waals surface area contributed by atoms with Crippen LogP contribution in [0.15, 0.2) is 18.2 Å². The highest BCUT2D eigenvalue weighted by atomic mass is 16.5. The number of phenols is 1. The smallest absolute Gasteiger partial charge is 0.309 e. The van der Waals surface area contributed by atoms with E-state index in [1.807, 2.05) is 26.8 Å². The first-order chi connectivity index (χ1) is 8.08. The normalized spacial score (nSPS) is 12.2. The van der Waals surface area contributed by atoms with Crippen molar-refractivity contribution in [2.45, 2.75) is 33.6 Å². The van der Waals surface area contributed by atoms with Gasteiger partial charge in [-0.05, 0) is 49.9 Å². The molecule has 1 rings (SSSR count). The number of ether oxygens (including phenoxy) is 1. The summed E-state index contributed by atoms with van der Waals surface area (Å²) in [6.07, 6.45) is 1.43. The molecule has 1 N–H and O–H groups in total. The molecule has 0 saturated heterocycles. The van der Waals surface area contributed by atoms with Gasteiger partial charge >= 0.3 is 5.97 Å². The Kier molecular flexibility index (Phi) is 5.01. The Morgan fingerprint density at radius 3 is 2.65 bits per heavy atom. The van der Waals surface area contributed by atoms with E-state index in [0.29, 0.717) is 13.0 Å². The minimum Gasteiger partial charge on any atom is -0.508 e. The zero-order chi connectivity index (χ0) is 12.8. The summed E-state index contributed by atoms with van der Waals surface area (Å²) in [5, 5.41) is 9.33. The zero-order valence-electron chi connectivity index (χ0n) is 10.7. The van der Waals surface area contributed by atoms with Gasteiger partial charge in [0, 0.05) is 0 Å². The van der Waals surface area contributed by atoms with Gasteiger partial charge in [0.2, 0.25) is 0 Å². The summed E-state index contributed by atoms with van der Waals surface area (Å²) < 4.78 is 5.04. The van der Waals surface area contributed by atoms with E-state index in [1.165, 1.54) is 0 Å². The first-order valence-electron chi connectivity index (χ1n) is 6.03. The predicted octanol–water partition coefficient (Wildman–Crippen LogP) is 2.83. The van der Waals surface area contributed by atoms with Gasteiger partial charge in [-0.15, -0.1) is 0 Å². The van der Waals surface area contributed by atoms with Crippen LogP contribution < -0.4 is 0 Å². The van der Waals surface area contributed by atoms with Gasteiger partial charge in [0.1, 0.15) is 5.75 Å². The molecule has 0 saturated carbocycles. The van der Waals surface area contributed by atoms with Crippen molar-refractivity contribution in [2.24, 2.45) is 5.92 Å². The summed E-state index contributed by atoms with van der Waals surface area (Å²) in [7, 11) is 0. The van der Waals surface area contributed by atoms with Gasteiger partial charge in [0.05, 0.1) is 12.5 Å². The molecular formula is C14H20O3. The summed E-state index contributed by atoms with van der Waals surface area (Å²) in [5.74, 6) is 0.0242. The molecule has 0 aliphatic rings. The molecule has 0 aliphatic heterocycles. The topological polar surface area (TPSA) is 46.5 Å². The van der Waals surface area contributed by atoms with Crippen LogP contribution in [0.2, 0.25) is 0 Å². The standard InChI is InChI=1S/C14H20O3/c1-4-11(14(16)17-5-2)9-12-6-7-13(15)8-10(12)3/h6-8,11,15H,4-5,9H2,1-3H3. The predicted molar refractivity (Wildman–Crippen MR) is 67.0 cm³/mol. The summed E-state index contributed by atoms with van der Waals surface area (Å²) in [6.45, 7) is 6.16. The number of rotatable bonds is 5. The van der Waals surface area contributed by atoms with E-state index < -0.39 is 0 Å². The monoisotopic (exact) mass is 236 g/mol. The van der Waals surface area contributed by atoms with Gasteiger partial charge < -0.3 is 9.84 Å². The SMILES string of the molecule is CCOC(=O)C(CC)Cc1ccc(O)cc1C. The van der Waals surface area contributed by atoms with E-state index in [1.54, 1.807) is 12.1 Å². The Morgan fingerprint density at radius 2 is 2.12 bits per heavy atom. The van der Waals surface area contributed by atoms with Crippen LogP contribution in [0.1, 0.15) is 31.4 Å². The lowest BCUT2D eigenvalue weighted by atomic mass is 9.94. The van der Waals surface area contributed by atoms with Crippen molar-refractivity contribution in [3.8, 4) is 5.75 Å². The average Bonchev–Trinajstić information content (AvgIpc) is 2.28. The molecule has 0 aliphatic carbocycles. The minimum atomic E-state index is -0.137. The molecule has 0 radical (unpaired) electrons. The maximum Gasteiger partial charge on any atom is 0.309 e. The van der Waals surface area contributed by atoms with Crippen molar-refractivity contribution >= 4 is 5.97 Å². The largest absolute Gasteiger partial charge is 0.508 e. The molecule has 0 spiro atoms. The van der Waals surface area contributed by atoms with Crippen LogP contribution in [-0.4, -0.2) is 17.7 Å². The van der Waals surface area contributed by atoms with E-state index in [4.69, 9.17) is 4.74 Å². The first kappa shape index (κ1) is 13.6. The Bertz CT molecular complexity index is 385. The fourth-order valence-corrected chi connectivity index (χ4v) is 1.83. The molecule has 17 heavy (non-hydrogen) atoms. The van der Waals surface area contributed by atoms with Crippen molar-refractivity contribution in [1.29, 1.82) is 0 Å². The number of benzene rings is 1. The first-order valence-corrected chi connectivity index (χ1v) is 6.03. The van der Waals surface area contributed by atoms with Gasteiger partial charge in [-0.25, -0.2) is 0 Å². The van der Waals surface area contributed by atoms with Gasteiger partial charge in [-0.1, -0.05) is 13.0 Å². The lowest BCUT2D eigenvalue weighted by Crippen LogP contribution is -2.19. The summed E-state index contributed by atoms with van der Waals surface area (Å²) >= 11 is 0. The molecule has 1 unspecified atom stereocenters. The van der Waals surface area contributed by atoms with Crippen LogP contribution in [0.25, 0.3) is 0 Å². The summed E-state index contributed by atoms with van der Waals surface area (Å²) in [6, 6.07) is 5.24. The number of carbonyl (C=O) groups is 1. The van der Waals surface area contributed by atoms with Crippen LogP contribution in [0, 0.1) is 12.8 Å². The number of aromatic hydroxyl groups is 1. The van der Waals surface area contributed by atoms with E-state index in [9.17, 15) is 9.90 Å². The highest BCUT2D eigenvalue weighted by molar-refractivity contribution is 5.72. The second-order valence-electron chi connectivity index (χ2n) is 4.17. The Morgan fingerprint density at radius 1 is 1.41 bits per heavy atom. The zero-order valence-corrected chi connectivity index (χ0v) is 10.7. The molecule has 0 bridgehead atoms. The second kappa shape index (κ2) is 6.28. The van der Waals surface area contributed by atoms with Gasteiger partial charge in [0.15, 0.2) is 0 Å². The third-order valence-electron chi connectivity index (χ3n) is 2.91. The van der Waals surface area contributed by atoms with Crippen molar-refractivity contribution in [2.75, 3.05) is 6.61 Å². The molecular weight excluding hydrogens is 216 g/mol. The average molecular weight is 236 g/mol. The van der Waals surface area contributed by atoms with E-state index >= 15 is 0 Å². The maximum absolute atomic E-state index is 11.7. The molecule has 0 amide bonds. The minimum absolute atomic E-state index is 0.0989. The van der Waals surface area contributed by atoms with Gasteiger partial charge in [-0.3, -0.25) is 4.79 Å². The maximum atomic E-state index is 11.7. The third-order valence-corrected chi connectivity index (χ3v) is 2.91. The summed E-state index contributed by atoms with van der Waals surface area (Å²) in [5.41, 5.74) is 2.09. The van der Waals surface area contributed by atoms with Crippen LogP contribution in [0.5, 0.6) is 5.75 Å². The quantitative estimate of drug-likeness (QED) is 0.800. The van der Waals surface area contributed by atoms with Gasteiger partial charge in [-0.2, -0.15) is 0 Å². The molecule has 3 nitrogen and oxygen atoms in total. The number of hydrogen-bond acceptors (Lipinski definition) is 3. The van der Waals surface area contributed by atoms with Crippen molar-refractivity contribution < 1.29 is 14.6 Å². The fourth-order valence-electron chi connectivity index (χ4n) is 1.83. The number of aryl methyl sites for hydroxylation is 1. The van der Waals surface area contributed by atoms with Crippen molar-refractivity contribution in [3.05, 3.63) is 29.3 Å². The van der Waals surface area contributed by atoms with E-state index in [0.717, 1.165) is 17.5 Å². The van der Waals surface area contributed by atoms with Gasteiger partial charge in [0.25, 0.3) is 0 Å². The Hall–Kier alpha value is -1.51. The number of hydrogen-bond donors (Lipinski definition) is 1. The Labute approximate surface area is 102 Å². The number of carbonyl (C=O) groups excluding carboxylic acids is 1. The van der Waals surface area contributed by atoms with Crippen LogP contribution in [0.3, 0.4) is 0 Å². The van der Waals surface area contributed by atoms with Crippen molar-refractivity contribution in [3.63, 3.8) is 0 Å². The molecule has 1 atom stereocenters. The second-order valence-corrected chi connectivity index (χ2v) is 4.17. The highest BCUT2D eigenvalue weighted by Gasteiger charge is 2.18. The van der Waals surface area contributed by atoms with E-state index in [-0.39, 0.29) is 17.6 Å². The molecule has 0 fully saturated rings. The van der Waals surface area contributed by atoms with Crippen LogP contribution >= 0.6 is 0 Å². The molecule has 3 heteroatoms. The fraction of sp³-hybridized carbons (Fsp3) is 0.500. The highest BCUT2D eigenvalue weighted by Crippen LogP contribution is 2.20. The van der Waals surface area contributed by atoms with E-state index in [2.05, 4.69) is 0 Å². The van der Waals surface area contributed by atoms with Crippen LogP contribution in [0.4, 0.5) is 0 Å². The summed E-state index contributed by atoms with van der Waals surface area (Å²) in [4.78, 5) is 11.7. The molecule has 1 aromatic carbocycles. The molecule has 94 valence electrons. The lowest BCUT2D eigenvalue weighted by Gasteiger charge is -2.15. The molecule has 1 aromatic rings. The lowest BCUT2D eigenvalue weighted by molar-refractivity contribution is -0.148. The molecule has 0 heterocycles. The number of esters is 1. The third kappa shape index (κ3) is 3.77. The molecule has 0 aromatic heterocycles.